The molecule has 0 rings (SSSR count). The van der Waals surface area contributed by atoms with Crippen LogP contribution in [0.2, 0.25) is 0 Å². The third kappa shape index (κ3) is 5.54. The van der Waals surface area contributed by atoms with Crippen molar-refractivity contribution in [2.24, 2.45) is 0 Å². The van der Waals surface area contributed by atoms with Crippen LogP contribution in [0.5, 0.6) is 0 Å². The third-order valence-electron chi connectivity index (χ3n) is 0.783. The summed E-state index contributed by atoms with van der Waals surface area (Å²) < 4.78 is 0. The zero-order chi connectivity index (χ0) is 6.41. The molecule has 0 aliphatic heterocycles. The molecule has 0 aromatic heterocycles. The molecule has 0 spiro atoms. The van der Waals surface area contributed by atoms with Crippen molar-refractivity contribution >= 4 is 0 Å². The van der Waals surface area contributed by atoms with Crippen LogP contribution in [-0.4, -0.2) is 6.04 Å². The van der Waals surface area contributed by atoms with Crippen molar-refractivity contribution in [1.82, 2.24) is 5.32 Å². The molecule has 0 aromatic carbocycles. The van der Waals surface area contributed by atoms with Crippen molar-refractivity contribution in [3.8, 4) is 0 Å². The predicted molar refractivity (Wildman–Crippen MR) is 37.7 cm³/mol. The molecule has 0 radical (unpaired) electrons. The standard InChI is InChI=1S/C7H15N/c1-4-5-6-8-7(2)3/h5-8H,4H2,1-3H3/b6-5-. The van der Waals surface area contributed by atoms with Gasteiger partial charge in [-0.2, -0.15) is 0 Å². The fourth-order valence-electron chi connectivity index (χ4n) is 0.378. The molecule has 0 fully saturated rings. The summed E-state index contributed by atoms with van der Waals surface area (Å²) in [5.74, 6) is 0. The van der Waals surface area contributed by atoms with E-state index in [0.717, 1.165) is 6.42 Å². The van der Waals surface area contributed by atoms with Crippen LogP contribution in [0, 0.1) is 0 Å². The van der Waals surface area contributed by atoms with E-state index in [1.807, 2.05) is 6.20 Å². The Hall–Kier alpha value is -0.460. The van der Waals surface area contributed by atoms with Crippen LogP contribution in [0.3, 0.4) is 0 Å². The van der Waals surface area contributed by atoms with Gasteiger partial charge in [0, 0.05) is 6.04 Å². The van der Waals surface area contributed by atoms with Gasteiger partial charge in [0.2, 0.25) is 0 Å². The Balaban J connectivity index is 3.03. The van der Waals surface area contributed by atoms with Gasteiger partial charge in [-0.3, -0.25) is 0 Å². The lowest BCUT2D eigenvalue weighted by Gasteiger charge is -2.01. The minimum absolute atomic E-state index is 0.567. The summed E-state index contributed by atoms with van der Waals surface area (Å²) in [7, 11) is 0. The molecule has 0 saturated heterocycles. The molecule has 48 valence electrons. The highest BCUT2D eigenvalue weighted by Crippen LogP contribution is 1.78. The number of hydrogen-bond acceptors (Lipinski definition) is 1. The van der Waals surface area contributed by atoms with Gasteiger partial charge in [-0.15, -0.1) is 0 Å². The van der Waals surface area contributed by atoms with Gasteiger partial charge >= 0.3 is 0 Å². The topological polar surface area (TPSA) is 12.0 Å². The van der Waals surface area contributed by atoms with Gasteiger partial charge in [0.1, 0.15) is 0 Å². The summed E-state index contributed by atoms with van der Waals surface area (Å²) in [6.07, 6.45) is 5.23. The van der Waals surface area contributed by atoms with E-state index in [0.29, 0.717) is 6.04 Å². The average Bonchev–Trinajstić information content (AvgIpc) is 1.66. The van der Waals surface area contributed by atoms with Crippen molar-refractivity contribution in [3.05, 3.63) is 12.3 Å². The average molecular weight is 113 g/mol. The van der Waals surface area contributed by atoms with E-state index in [4.69, 9.17) is 0 Å². The van der Waals surface area contributed by atoms with Crippen LogP contribution >= 0.6 is 0 Å². The highest BCUT2D eigenvalue weighted by Gasteiger charge is 1.80. The molecule has 8 heavy (non-hydrogen) atoms. The van der Waals surface area contributed by atoms with E-state index in [9.17, 15) is 0 Å². The maximum atomic E-state index is 3.17. The first-order chi connectivity index (χ1) is 3.77. The molecular formula is C7H15N. The maximum Gasteiger partial charge on any atom is 0.0199 e. The zero-order valence-electron chi connectivity index (χ0n) is 5.94. The Morgan fingerprint density at radius 3 is 2.50 bits per heavy atom. The summed E-state index contributed by atoms with van der Waals surface area (Å²) in [4.78, 5) is 0. The Morgan fingerprint density at radius 1 is 1.50 bits per heavy atom. The quantitative estimate of drug-likeness (QED) is 0.589. The lowest BCUT2D eigenvalue weighted by atomic mass is 10.4. The minimum atomic E-state index is 0.567. The normalized spacial score (nSPS) is 11.0. The van der Waals surface area contributed by atoms with Gasteiger partial charge < -0.3 is 5.32 Å². The zero-order valence-corrected chi connectivity index (χ0v) is 5.94. The molecule has 0 saturated carbocycles. The second-order valence-electron chi connectivity index (χ2n) is 2.13. The molecule has 0 aliphatic rings. The van der Waals surface area contributed by atoms with Crippen molar-refractivity contribution < 1.29 is 0 Å². The fourth-order valence-corrected chi connectivity index (χ4v) is 0.378. The SMILES string of the molecule is CC/C=C\NC(C)C. The first-order valence-electron chi connectivity index (χ1n) is 3.18. The largest absolute Gasteiger partial charge is 0.389 e. The van der Waals surface area contributed by atoms with Crippen molar-refractivity contribution in [2.75, 3.05) is 0 Å². The molecule has 0 bridgehead atoms. The summed E-state index contributed by atoms with van der Waals surface area (Å²) in [6, 6.07) is 0.567. The van der Waals surface area contributed by atoms with Gasteiger partial charge in [0.25, 0.3) is 0 Å². The van der Waals surface area contributed by atoms with Gasteiger partial charge in [-0.1, -0.05) is 13.0 Å². The second kappa shape index (κ2) is 4.69. The van der Waals surface area contributed by atoms with Crippen LogP contribution in [0.15, 0.2) is 12.3 Å². The lowest BCUT2D eigenvalue weighted by molar-refractivity contribution is 0.700. The number of nitrogens with one attached hydrogen (secondary N) is 1. The van der Waals surface area contributed by atoms with Crippen LogP contribution in [0.25, 0.3) is 0 Å². The smallest absolute Gasteiger partial charge is 0.0199 e. The summed E-state index contributed by atoms with van der Waals surface area (Å²) >= 11 is 0. The van der Waals surface area contributed by atoms with E-state index < -0.39 is 0 Å². The van der Waals surface area contributed by atoms with E-state index in [-0.39, 0.29) is 0 Å². The minimum Gasteiger partial charge on any atom is -0.389 e. The van der Waals surface area contributed by atoms with Crippen LogP contribution in [0.4, 0.5) is 0 Å². The van der Waals surface area contributed by atoms with Crippen LogP contribution in [0.1, 0.15) is 27.2 Å². The van der Waals surface area contributed by atoms with E-state index in [2.05, 4.69) is 32.2 Å². The Bertz CT molecular complexity index is 64.8. The maximum absolute atomic E-state index is 3.17. The molecule has 0 atom stereocenters. The Kier molecular flexibility index (Phi) is 4.42. The monoisotopic (exact) mass is 113 g/mol. The van der Waals surface area contributed by atoms with Gasteiger partial charge in [0.15, 0.2) is 0 Å². The van der Waals surface area contributed by atoms with E-state index >= 15 is 0 Å². The Labute approximate surface area is 51.8 Å². The molecule has 0 amide bonds. The van der Waals surface area contributed by atoms with Gasteiger partial charge in [-0.05, 0) is 26.5 Å². The molecule has 0 aromatic rings. The summed E-state index contributed by atoms with van der Waals surface area (Å²) in [5, 5.41) is 3.17. The van der Waals surface area contributed by atoms with Crippen LogP contribution < -0.4 is 5.32 Å². The predicted octanol–water partition coefficient (Wildman–Crippen LogP) is 1.91. The highest BCUT2D eigenvalue weighted by atomic mass is 14.9. The molecular weight excluding hydrogens is 98.1 g/mol. The molecule has 1 nitrogen and oxygen atoms in total. The molecule has 0 unspecified atom stereocenters. The number of rotatable bonds is 3. The van der Waals surface area contributed by atoms with Crippen molar-refractivity contribution in [3.63, 3.8) is 0 Å². The Morgan fingerprint density at radius 2 is 2.12 bits per heavy atom. The molecule has 0 heterocycles. The van der Waals surface area contributed by atoms with Crippen molar-refractivity contribution in [2.45, 2.75) is 33.2 Å². The van der Waals surface area contributed by atoms with Crippen LogP contribution in [-0.2, 0) is 0 Å². The number of allylic oxidation sites excluding steroid dienone is 1. The highest BCUT2D eigenvalue weighted by molar-refractivity contribution is 4.78. The molecule has 0 aliphatic carbocycles. The molecule has 1 N–H and O–H groups in total. The van der Waals surface area contributed by atoms with Crippen molar-refractivity contribution in [1.29, 1.82) is 0 Å². The second-order valence-corrected chi connectivity index (χ2v) is 2.13. The van der Waals surface area contributed by atoms with E-state index in [1.165, 1.54) is 0 Å². The number of hydrogen-bond donors (Lipinski definition) is 1. The fraction of sp³-hybridized carbons (Fsp3) is 0.714. The van der Waals surface area contributed by atoms with Gasteiger partial charge in [-0.25, -0.2) is 0 Å². The summed E-state index contributed by atoms with van der Waals surface area (Å²) in [5.41, 5.74) is 0. The third-order valence-corrected chi connectivity index (χ3v) is 0.783. The first-order valence-corrected chi connectivity index (χ1v) is 3.18. The summed E-state index contributed by atoms with van der Waals surface area (Å²) in [6.45, 7) is 6.37. The first kappa shape index (κ1) is 7.54. The lowest BCUT2D eigenvalue weighted by Crippen LogP contribution is -2.14. The molecule has 1 heteroatoms. The van der Waals surface area contributed by atoms with Gasteiger partial charge in [0.05, 0.1) is 0 Å². The van der Waals surface area contributed by atoms with E-state index in [1.54, 1.807) is 0 Å².